The molecule has 4 rings (SSSR count). The fourth-order valence-corrected chi connectivity index (χ4v) is 4.57. The predicted octanol–water partition coefficient (Wildman–Crippen LogP) is 3.88. The molecule has 0 bridgehead atoms. The van der Waals surface area contributed by atoms with Crippen LogP contribution in [0.3, 0.4) is 0 Å². The van der Waals surface area contributed by atoms with Crippen LogP contribution < -0.4 is 5.73 Å². The second-order valence-corrected chi connectivity index (χ2v) is 8.77. The molecule has 2 aromatic carbocycles. The number of nitrogen functional groups attached to an aromatic ring is 1. The molecule has 2 heterocycles. The van der Waals surface area contributed by atoms with Gasteiger partial charge in [-0.1, -0.05) is 40.9 Å². The topological polar surface area (TPSA) is 59.8 Å². The van der Waals surface area contributed by atoms with Gasteiger partial charge < -0.3 is 15.2 Å². The van der Waals surface area contributed by atoms with E-state index in [4.69, 9.17) is 26.8 Å². The molecule has 1 fully saturated rings. The Morgan fingerprint density at radius 2 is 2.03 bits per heavy atom. The van der Waals surface area contributed by atoms with E-state index in [0.717, 1.165) is 34.2 Å². The van der Waals surface area contributed by atoms with E-state index in [0.29, 0.717) is 19.7 Å². The number of nitrogens with zero attached hydrogens (tertiary/aromatic N) is 2. The minimum absolute atomic E-state index is 0.0179. The van der Waals surface area contributed by atoms with E-state index >= 15 is 0 Å². The molecular weight excluding hydrogens is 406 g/mol. The summed E-state index contributed by atoms with van der Waals surface area (Å²) < 4.78 is 14.8. The summed E-state index contributed by atoms with van der Waals surface area (Å²) in [5, 5.41) is 0.747. The fourth-order valence-electron chi connectivity index (χ4n) is 3.51. The summed E-state index contributed by atoms with van der Waals surface area (Å²) in [6.07, 6.45) is 5.55. The molecule has 0 saturated carbocycles. The van der Waals surface area contributed by atoms with Crippen molar-refractivity contribution in [1.82, 2.24) is 0 Å². The van der Waals surface area contributed by atoms with Crippen LogP contribution in [0.25, 0.3) is 0 Å². The Balaban J connectivity index is 1.41. The number of hydrogen-bond acceptors (Lipinski definition) is 5. The lowest BCUT2D eigenvalue weighted by molar-refractivity contribution is -0.443. The van der Waals surface area contributed by atoms with E-state index in [1.165, 1.54) is 5.56 Å². The van der Waals surface area contributed by atoms with Crippen molar-refractivity contribution in [2.24, 2.45) is 4.99 Å². The van der Waals surface area contributed by atoms with Gasteiger partial charge in [0.1, 0.15) is 12.8 Å². The fraction of sp³-hybridized carbons (Fsp3) is 0.364. The molecule has 0 radical (unpaired) electrons. The first kappa shape index (κ1) is 20.4. The lowest BCUT2D eigenvalue weighted by Gasteiger charge is -2.27. The van der Waals surface area contributed by atoms with Gasteiger partial charge in [-0.05, 0) is 36.2 Å². The van der Waals surface area contributed by atoms with Gasteiger partial charge in [0.05, 0.1) is 12.7 Å². The third kappa shape index (κ3) is 5.39. The molecule has 2 atom stereocenters. The molecule has 2 aliphatic rings. The van der Waals surface area contributed by atoms with E-state index in [9.17, 15) is 0 Å². The molecule has 2 aliphatic heterocycles. The van der Waals surface area contributed by atoms with Crippen LogP contribution in [0.4, 0.5) is 5.69 Å². The summed E-state index contributed by atoms with van der Waals surface area (Å²) >= 11 is 7.72. The van der Waals surface area contributed by atoms with Gasteiger partial charge in [0.2, 0.25) is 5.79 Å². The van der Waals surface area contributed by atoms with Gasteiger partial charge in [-0.2, -0.15) is 0 Å². The first-order chi connectivity index (χ1) is 14.1. The highest BCUT2D eigenvalue weighted by atomic mass is 35.5. The van der Waals surface area contributed by atoms with E-state index < -0.39 is 5.79 Å². The van der Waals surface area contributed by atoms with Crippen molar-refractivity contribution >= 4 is 41.6 Å². The summed E-state index contributed by atoms with van der Waals surface area (Å²) in [7, 11) is 0. The first-order valence-electron chi connectivity index (χ1n) is 9.74. The van der Waals surface area contributed by atoms with E-state index in [1.54, 1.807) is 11.8 Å². The molecule has 1 saturated heterocycles. The number of thioether (sulfide) groups is 1. The molecule has 7 heteroatoms. The quantitative estimate of drug-likeness (QED) is 0.392. The van der Waals surface area contributed by atoms with Crippen LogP contribution in [0, 0.1) is 0 Å². The summed E-state index contributed by atoms with van der Waals surface area (Å²) in [4.78, 5) is 5.35. The van der Waals surface area contributed by atoms with Crippen LogP contribution in [0.1, 0.15) is 12.0 Å². The van der Waals surface area contributed by atoms with Crippen molar-refractivity contribution in [2.75, 3.05) is 31.2 Å². The molecule has 152 valence electrons. The molecule has 5 nitrogen and oxygen atoms in total. The highest BCUT2D eigenvalue weighted by Crippen LogP contribution is 2.33. The number of aryl methyl sites for hydroxylation is 1. The molecule has 29 heavy (non-hydrogen) atoms. The minimum atomic E-state index is -0.653. The zero-order valence-electron chi connectivity index (χ0n) is 16.2. The van der Waals surface area contributed by atoms with Gasteiger partial charge in [0.15, 0.2) is 6.54 Å². The Morgan fingerprint density at radius 1 is 1.21 bits per heavy atom. The lowest BCUT2D eigenvalue weighted by atomic mass is 10.0. The van der Waals surface area contributed by atoms with Crippen molar-refractivity contribution in [1.29, 1.82) is 0 Å². The maximum absolute atomic E-state index is 6.48. The van der Waals surface area contributed by atoms with Gasteiger partial charge in [-0.3, -0.25) is 0 Å². The van der Waals surface area contributed by atoms with Crippen molar-refractivity contribution in [2.45, 2.75) is 29.6 Å². The van der Waals surface area contributed by atoms with Crippen LogP contribution in [0.2, 0.25) is 5.02 Å². The maximum atomic E-state index is 6.48. The van der Waals surface area contributed by atoms with Crippen molar-refractivity contribution in [3.8, 4) is 0 Å². The molecule has 0 spiro atoms. The van der Waals surface area contributed by atoms with Gasteiger partial charge in [-0.25, -0.2) is 4.58 Å². The number of anilines is 1. The number of aliphatic imine (C=N–C) groups is 1. The van der Waals surface area contributed by atoms with Crippen LogP contribution in [-0.2, 0) is 15.9 Å². The predicted molar refractivity (Wildman–Crippen MR) is 119 cm³/mol. The molecule has 0 aliphatic carbocycles. The highest BCUT2D eigenvalue weighted by Gasteiger charge is 2.43. The Kier molecular flexibility index (Phi) is 6.55. The molecule has 2 aromatic rings. The van der Waals surface area contributed by atoms with Crippen molar-refractivity contribution in [3.63, 3.8) is 0 Å². The molecule has 0 aromatic heterocycles. The van der Waals surface area contributed by atoms with E-state index in [1.807, 2.05) is 42.7 Å². The summed E-state index contributed by atoms with van der Waals surface area (Å²) in [5.41, 5.74) is 8.08. The van der Waals surface area contributed by atoms with Crippen LogP contribution in [-0.4, -0.2) is 54.5 Å². The maximum Gasteiger partial charge on any atom is 0.280 e. The Hall–Kier alpha value is -1.86. The van der Waals surface area contributed by atoms with Gasteiger partial charge >= 0.3 is 0 Å². The molecular formula is C22H25ClN3O2S+. The normalized spacial score (nSPS) is 23.5. The monoisotopic (exact) mass is 430 g/mol. The molecule has 0 amide bonds. The number of ether oxygens (including phenoxy) is 2. The van der Waals surface area contributed by atoms with Crippen LogP contribution in [0.15, 0.2) is 58.4 Å². The van der Waals surface area contributed by atoms with E-state index in [2.05, 4.69) is 27.9 Å². The summed E-state index contributed by atoms with van der Waals surface area (Å²) in [5.74, 6) is 0.147. The lowest BCUT2D eigenvalue weighted by Crippen LogP contribution is -2.41. The Bertz CT molecular complexity index is 903. The number of halogens is 1. The standard InChI is InChI=1S/C22H25ClN3O2S/c23-18-7-5-17(6-8-18)9-10-22(15-26-12-11-25-16-26)27-13-19(28-22)14-29-21-4-2-1-3-20(21)24/h1-8,12,16,19H,9-11,13-15,24H2/q+1/t19-,22-/m0/s1. The highest BCUT2D eigenvalue weighted by molar-refractivity contribution is 7.99. The first-order valence-corrected chi connectivity index (χ1v) is 11.1. The summed E-state index contributed by atoms with van der Waals surface area (Å²) in [6.45, 7) is 1.92. The van der Waals surface area contributed by atoms with Crippen LogP contribution in [0.5, 0.6) is 0 Å². The van der Waals surface area contributed by atoms with Crippen LogP contribution >= 0.6 is 23.4 Å². The third-order valence-electron chi connectivity index (χ3n) is 5.04. The largest absolute Gasteiger partial charge is 0.398 e. The van der Waals surface area contributed by atoms with Gasteiger partial charge in [0, 0.05) is 27.8 Å². The Labute approximate surface area is 180 Å². The third-order valence-corrected chi connectivity index (χ3v) is 6.51. The average Bonchev–Trinajstić information content (AvgIpc) is 3.38. The van der Waals surface area contributed by atoms with E-state index in [-0.39, 0.29) is 6.10 Å². The SMILES string of the molecule is Nc1ccccc1SC[C@@H]1CO[C@](CCc2ccc(Cl)cc2)(C[N+]2=CCN=C2)O1. The minimum Gasteiger partial charge on any atom is -0.398 e. The molecule has 0 unspecified atom stereocenters. The number of nitrogens with two attached hydrogens (primary N) is 1. The van der Waals surface area contributed by atoms with Crippen molar-refractivity contribution in [3.05, 3.63) is 59.1 Å². The zero-order valence-corrected chi connectivity index (χ0v) is 17.7. The van der Waals surface area contributed by atoms with Gasteiger partial charge in [0.25, 0.3) is 6.34 Å². The number of hydrogen-bond donors (Lipinski definition) is 1. The number of para-hydroxylation sites is 1. The Morgan fingerprint density at radius 3 is 2.79 bits per heavy atom. The summed E-state index contributed by atoms with van der Waals surface area (Å²) in [6, 6.07) is 15.9. The second kappa shape index (κ2) is 9.30. The smallest absolute Gasteiger partial charge is 0.280 e. The average molecular weight is 431 g/mol. The number of rotatable bonds is 8. The van der Waals surface area contributed by atoms with Crippen molar-refractivity contribution < 1.29 is 14.0 Å². The number of benzene rings is 2. The van der Waals surface area contributed by atoms with Gasteiger partial charge in [-0.15, -0.1) is 11.8 Å². The zero-order chi connectivity index (χ0) is 20.1. The molecule has 2 N–H and O–H groups in total. The second-order valence-electron chi connectivity index (χ2n) is 7.27.